The molecule has 5 heteroatoms. The van der Waals surface area contributed by atoms with Crippen molar-refractivity contribution in [2.45, 2.75) is 13.0 Å². The minimum absolute atomic E-state index is 0.128. The lowest BCUT2D eigenvalue weighted by atomic mass is 10.1. The summed E-state index contributed by atoms with van der Waals surface area (Å²) in [5.74, 6) is -0.506. The summed E-state index contributed by atoms with van der Waals surface area (Å²) in [6, 6.07) is 19.0. The van der Waals surface area contributed by atoms with Gasteiger partial charge in [-0.25, -0.2) is 9.78 Å². The monoisotopic (exact) mass is 344 g/mol. The van der Waals surface area contributed by atoms with Crippen molar-refractivity contribution in [1.29, 1.82) is 0 Å². The molecule has 0 aliphatic carbocycles. The van der Waals surface area contributed by atoms with E-state index < -0.39 is 5.97 Å². The van der Waals surface area contributed by atoms with Gasteiger partial charge in [0.05, 0.1) is 11.2 Å². The number of esters is 1. The Balaban J connectivity index is 1.73. The van der Waals surface area contributed by atoms with Crippen molar-refractivity contribution in [3.05, 3.63) is 77.6 Å². The molecule has 2 aromatic heterocycles. The van der Waals surface area contributed by atoms with Gasteiger partial charge < -0.3 is 14.5 Å². The molecule has 0 saturated carbocycles. The van der Waals surface area contributed by atoms with Crippen molar-refractivity contribution >= 4 is 34.1 Å². The number of nitrogens with one attached hydrogen (secondary N) is 1. The zero-order chi connectivity index (χ0) is 17.9. The maximum Gasteiger partial charge on any atom is 0.357 e. The third-order valence-electron chi connectivity index (χ3n) is 4.27. The first-order valence-electron chi connectivity index (χ1n) is 8.31. The quantitative estimate of drug-likeness (QED) is 0.441. The maximum atomic E-state index is 12.5. The number of aldehydes is 1. The Hall–Kier alpha value is -3.47. The molecule has 1 N–H and O–H groups in total. The average molecular weight is 344 g/mol. The highest BCUT2D eigenvalue weighted by Gasteiger charge is 2.16. The van der Waals surface area contributed by atoms with Crippen molar-refractivity contribution in [1.82, 2.24) is 9.97 Å². The molecule has 26 heavy (non-hydrogen) atoms. The molecule has 0 spiro atoms. The van der Waals surface area contributed by atoms with Gasteiger partial charge in [-0.1, -0.05) is 48.5 Å². The van der Waals surface area contributed by atoms with E-state index in [9.17, 15) is 9.59 Å². The summed E-state index contributed by atoms with van der Waals surface area (Å²) in [6.07, 6.45) is 0.912. The Labute approximate surface area is 149 Å². The largest absolute Gasteiger partial charge is 0.456 e. The van der Waals surface area contributed by atoms with Crippen LogP contribution in [-0.4, -0.2) is 22.2 Å². The SMILES string of the molecule is O=CCc1nc(C(=O)OCc2ccccc2)cc2c1[nH]c1ccccc12. The van der Waals surface area contributed by atoms with Crippen LogP contribution in [-0.2, 0) is 22.6 Å². The van der Waals surface area contributed by atoms with E-state index in [4.69, 9.17) is 4.74 Å². The van der Waals surface area contributed by atoms with Gasteiger partial charge in [-0.2, -0.15) is 0 Å². The van der Waals surface area contributed by atoms with Crippen LogP contribution in [0.4, 0.5) is 0 Å². The molecule has 0 bridgehead atoms. The zero-order valence-corrected chi connectivity index (χ0v) is 13.9. The topological polar surface area (TPSA) is 72.1 Å². The number of para-hydroxylation sites is 1. The average Bonchev–Trinajstić information content (AvgIpc) is 3.06. The fraction of sp³-hybridized carbons (Fsp3) is 0.0952. The van der Waals surface area contributed by atoms with E-state index in [1.807, 2.05) is 54.6 Å². The fourth-order valence-electron chi connectivity index (χ4n) is 3.04. The van der Waals surface area contributed by atoms with Crippen LogP contribution in [0.15, 0.2) is 60.7 Å². The molecule has 5 nitrogen and oxygen atoms in total. The lowest BCUT2D eigenvalue weighted by molar-refractivity contribution is -0.107. The van der Waals surface area contributed by atoms with Gasteiger partial charge in [-0.3, -0.25) is 0 Å². The number of aromatic nitrogens is 2. The van der Waals surface area contributed by atoms with Gasteiger partial charge in [0.25, 0.3) is 0 Å². The molecule has 0 saturated heterocycles. The predicted octanol–water partition coefficient (Wildman–Crippen LogP) is 3.81. The molecule has 4 aromatic rings. The van der Waals surface area contributed by atoms with Crippen molar-refractivity contribution < 1.29 is 14.3 Å². The van der Waals surface area contributed by atoms with E-state index in [0.29, 0.717) is 5.69 Å². The molecule has 0 aliphatic heterocycles. The van der Waals surface area contributed by atoms with E-state index in [1.165, 1.54) is 0 Å². The highest BCUT2D eigenvalue weighted by molar-refractivity contribution is 6.09. The molecular weight excluding hydrogens is 328 g/mol. The number of pyridine rings is 1. The second-order valence-electron chi connectivity index (χ2n) is 5.98. The third kappa shape index (κ3) is 2.95. The number of hydrogen-bond donors (Lipinski definition) is 1. The second kappa shape index (κ2) is 6.80. The standard InChI is InChI=1S/C21H16N2O3/c24-11-10-18-20-16(15-8-4-5-9-17(15)23-20)12-19(22-18)21(25)26-13-14-6-2-1-3-7-14/h1-9,11-12,23H,10,13H2. The Morgan fingerprint density at radius 2 is 1.81 bits per heavy atom. The minimum atomic E-state index is -0.506. The van der Waals surface area contributed by atoms with Gasteiger partial charge in [0.15, 0.2) is 0 Å². The summed E-state index contributed by atoms with van der Waals surface area (Å²) in [7, 11) is 0. The van der Waals surface area contributed by atoms with E-state index in [0.717, 1.165) is 33.7 Å². The summed E-state index contributed by atoms with van der Waals surface area (Å²) in [5, 5.41) is 1.84. The highest BCUT2D eigenvalue weighted by Crippen LogP contribution is 2.28. The lowest BCUT2D eigenvalue weighted by Crippen LogP contribution is -2.09. The van der Waals surface area contributed by atoms with Crippen LogP contribution in [0.1, 0.15) is 21.7 Å². The fourth-order valence-corrected chi connectivity index (χ4v) is 3.04. The number of carbonyl (C=O) groups excluding carboxylic acids is 2. The normalized spacial score (nSPS) is 10.9. The summed E-state index contributed by atoms with van der Waals surface area (Å²) in [6.45, 7) is 0.177. The summed E-state index contributed by atoms with van der Waals surface area (Å²) >= 11 is 0. The zero-order valence-electron chi connectivity index (χ0n) is 13.9. The minimum Gasteiger partial charge on any atom is -0.456 e. The van der Waals surface area contributed by atoms with E-state index in [-0.39, 0.29) is 18.7 Å². The van der Waals surface area contributed by atoms with Gasteiger partial charge in [0.2, 0.25) is 0 Å². The van der Waals surface area contributed by atoms with Crippen LogP contribution in [0.25, 0.3) is 21.8 Å². The Morgan fingerprint density at radius 1 is 1.04 bits per heavy atom. The molecule has 0 unspecified atom stereocenters. The van der Waals surface area contributed by atoms with Gasteiger partial charge in [0.1, 0.15) is 18.6 Å². The van der Waals surface area contributed by atoms with Crippen molar-refractivity contribution in [2.75, 3.05) is 0 Å². The van der Waals surface area contributed by atoms with Crippen LogP contribution >= 0.6 is 0 Å². The van der Waals surface area contributed by atoms with E-state index in [2.05, 4.69) is 9.97 Å². The summed E-state index contributed by atoms with van der Waals surface area (Å²) in [5.41, 5.74) is 3.36. The van der Waals surface area contributed by atoms with Gasteiger partial charge in [0, 0.05) is 22.7 Å². The molecule has 0 fully saturated rings. The Bertz CT molecular complexity index is 1100. The van der Waals surface area contributed by atoms with Crippen LogP contribution in [0.2, 0.25) is 0 Å². The number of benzene rings is 2. The van der Waals surface area contributed by atoms with Crippen LogP contribution in [0, 0.1) is 0 Å². The third-order valence-corrected chi connectivity index (χ3v) is 4.27. The second-order valence-corrected chi connectivity index (χ2v) is 5.98. The van der Waals surface area contributed by atoms with Crippen molar-refractivity contribution in [3.8, 4) is 0 Å². The summed E-state index contributed by atoms with van der Waals surface area (Å²) in [4.78, 5) is 31.2. The predicted molar refractivity (Wildman–Crippen MR) is 98.9 cm³/mol. The first-order chi connectivity index (χ1) is 12.8. The number of carbonyl (C=O) groups is 2. The molecule has 2 heterocycles. The summed E-state index contributed by atoms with van der Waals surface area (Å²) < 4.78 is 5.38. The number of H-pyrrole nitrogens is 1. The number of hydrogen-bond acceptors (Lipinski definition) is 4. The van der Waals surface area contributed by atoms with Crippen LogP contribution in [0.5, 0.6) is 0 Å². The van der Waals surface area contributed by atoms with Gasteiger partial charge in [-0.05, 0) is 17.7 Å². The molecular formula is C21H16N2O3. The van der Waals surface area contributed by atoms with Crippen LogP contribution < -0.4 is 0 Å². The molecule has 4 rings (SSSR count). The first-order valence-corrected chi connectivity index (χ1v) is 8.31. The molecule has 0 radical (unpaired) electrons. The first kappa shape index (κ1) is 16.0. The number of aromatic amines is 1. The number of nitrogens with zero attached hydrogens (tertiary/aromatic N) is 1. The Kier molecular flexibility index (Phi) is 4.19. The molecule has 0 atom stereocenters. The number of rotatable bonds is 5. The smallest absolute Gasteiger partial charge is 0.357 e. The number of ether oxygens (including phenoxy) is 1. The molecule has 2 aromatic carbocycles. The molecule has 0 amide bonds. The Morgan fingerprint density at radius 3 is 2.62 bits per heavy atom. The highest BCUT2D eigenvalue weighted by atomic mass is 16.5. The lowest BCUT2D eigenvalue weighted by Gasteiger charge is -2.07. The number of fused-ring (bicyclic) bond motifs is 3. The van der Waals surface area contributed by atoms with Gasteiger partial charge >= 0.3 is 5.97 Å². The van der Waals surface area contributed by atoms with E-state index in [1.54, 1.807) is 6.07 Å². The van der Waals surface area contributed by atoms with Gasteiger partial charge in [-0.15, -0.1) is 0 Å². The van der Waals surface area contributed by atoms with Crippen molar-refractivity contribution in [3.63, 3.8) is 0 Å². The van der Waals surface area contributed by atoms with Crippen molar-refractivity contribution in [2.24, 2.45) is 0 Å². The van der Waals surface area contributed by atoms with Crippen LogP contribution in [0.3, 0.4) is 0 Å². The maximum absolute atomic E-state index is 12.5. The molecule has 0 aliphatic rings. The van der Waals surface area contributed by atoms with E-state index >= 15 is 0 Å². The molecule has 128 valence electrons.